The molecule has 0 saturated carbocycles. The monoisotopic (exact) mass is 226 g/mol. The van der Waals surface area contributed by atoms with Crippen LogP contribution in [0.5, 0.6) is 5.75 Å². The van der Waals surface area contributed by atoms with E-state index in [0.717, 1.165) is 12.0 Å². The molecule has 1 atom stereocenters. The molecule has 0 N–H and O–H groups in total. The Kier molecular flexibility index (Phi) is 3.47. The molecule has 86 valence electrons. The van der Waals surface area contributed by atoms with E-state index in [1.165, 1.54) is 5.47 Å². The van der Waals surface area contributed by atoms with Crippen molar-refractivity contribution in [2.45, 2.75) is 13.3 Å². The lowest BCUT2D eigenvalue weighted by Crippen LogP contribution is -2.19. The first-order valence-electron chi connectivity index (χ1n) is 5.78. The van der Waals surface area contributed by atoms with E-state index in [0.29, 0.717) is 5.75 Å². The summed E-state index contributed by atoms with van der Waals surface area (Å²) in [6, 6.07) is 7.51. The van der Waals surface area contributed by atoms with Gasteiger partial charge in [0.2, 0.25) is 0 Å². The number of hydrogen-bond donors (Lipinski definition) is 0. The Labute approximate surface area is 102 Å². The fourth-order valence-electron chi connectivity index (χ4n) is 1.70. The second-order valence-electron chi connectivity index (χ2n) is 4.38. The highest BCUT2D eigenvalue weighted by Crippen LogP contribution is 2.19. The van der Waals surface area contributed by atoms with Crippen LogP contribution in [-0.2, 0) is 4.79 Å². The van der Waals surface area contributed by atoms with Gasteiger partial charge in [-0.2, -0.15) is 0 Å². The van der Waals surface area contributed by atoms with Crippen LogP contribution in [0.25, 0.3) is 0 Å². The first kappa shape index (κ1) is 11.7. The molecular formula is C14H15BO2. The largest absolute Gasteiger partial charge is 0.426 e. The van der Waals surface area contributed by atoms with E-state index in [2.05, 4.69) is 6.08 Å². The zero-order valence-corrected chi connectivity index (χ0v) is 10.1. The van der Waals surface area contributed by atoms with Gasteiger partial charge in [0, 0.05) is 0 Å². The van der Waals surface area contributed by atoms with Gasteiger partial charge in [-0.1, -0.05) is 41.4 Å². The third kappa shape index (κ3) is 3.10. The third-order valence-electron chi connectivity index (χ3n) is 2.83. The maximum Gasteiger partial charge on any atom is 0.318 e. The van der Waals surface area contributed by atoms with Gasteiger partial charge >= 0.3 is 5.97 Å². The third-order valence-corrected chi connectivity index (χ3v) is 2.83. The Hall–Kier alpha value is -1.77. The summed E-state index contributed by atoms with van der Waals surface area (Å²) in [6.45, 7) is 2.00. The van der Waals surface area contributed by atoms with Crippen molar-refractivity contribution < 1.29 is 9.53 Å². The van der Waals surface area contributed by atoms with E-state index in [1.807, 2.05) is 51.2 Å². The van der Waals surface area contributed by atoms with E-state index in [-0.39, 0.29) is 11.9 Å². The minimum Gasteiger partial charge on any atom is -0.426 e. The van der Waals surface area contributed by atoms with Crippen LogP contribution in [0.4, 0.5) is 0 Å². The molecule has 1 aliphatic rings. The second-order valence-corrected chi connectivity index (χ2v) is 4.38. The molecule has 0 spiro atoms. The molecule has 0 aliphatic heterocycles. The molecule has 1 aliphatic carbocycles. The van der Waals surface area contributed by atoms with Crippen LogP contribution < -0.4 is 4.74 Å². The Morgan fingerprint density at radius 1 is 1.35 bits per heavy atom. The van der Waals surface area contributed by atoms with E-state index in [9.17, 15) is 4.79 Å². The van der Waals surface area contributed by atoms with Crippen molar-refractivity contribution in [3.05, 3.63) is 53.5 Å². The number of rotatable bonds is 2. The van der Waals surface area contributed by atoms with Crippen molar-refractivity contribution in [3.8, 4) is 5.75 Å². The van der Waals surface area contributed by atoms with Crippen LogP contribution in [0.3, 0.4) is 0 Å². The van der Waals surface area contributed by atoms with Gasteiger partial charge in [-0.3, -0.25) is 4.79 Å². The van der Waals surface area contributed by atoms with Crippen molar-refractivity contribution in [1.82, 2.24) is 0 Å². The van der Waals surface area contributed by atoms with Crippen LogP contribution in [0.15, 0.2) is 48.0 Å². The average Bonchev–Trinajstić information content (AvgIpc) is 2.33. The predicted octanol–water partition coefficient (Wildman–Crippen LogP) is 1.99. The van der Waals surface area contributed by atoms with Gasteiger partial charge in [-0.15, -0.1) is 0 Å². The lowest BCUT2D eigenvalue weighted by atomic mass is 9.87. The number of esters is 1. The number of hydrogen-bond acceptors (Lipinski definition) is 2. The maximum atomic E-state index is 11.9. The molecule has 3 heteroatoms. The molecule has 0 aromatic heterocycles. The molecule has 2 rings (SSSR count). The molecule has 1 aromatic carbocycles. The normalized spacial score (nSPS) is 18.6. The highest BCUT2D eigenvalue weighted by Gasteiger charge is 2.18. The van der Waals surface area contributed by atoms with Gasteiger partial charge in [-0.05, 0) is 25.5 Å². The van der Waals surface area contributed by atoms with Crippen LogP contribution >= 0.6 is 0 Å². The molecule has 0 amide bonds. The minimum absolute atomic E-state index is 0.153. The van der Waals surface area contributed by atoms with Crippen molar-refractivity contribution in [3.63, 3.8) is 0 Å². The lowest BCUT2D eigenvalue weighted by molar-refractivity contribution is -0.137. The topological polar surface area (TPSA) is 26.3 Å². The van der Waals surface area contributed by atoms with E-state index < -0.39 is 0 Å². The fraction of sp³-hybridized carbons (Fsp3) is 0.214. The smallest absolute Gasteiger partial charge is 0.318 e. The molecule has 0 bridgehead atoms. The lowest BCUT2D eigenvalue weighted by Gasteiger charge is -2.13. The Balaban J connectivity index is 1.98. The maximum absolute atomic E-state index is 11.9. The zero-order chi connectivity index (χ0) is 12.3. The predicted molar refractivity (Wildman–Crippen MR) is 70.7 cm³/mol. The highest BCUT2D eigenvalue weighted by molar-refractivity contribution is 6.23. The first-order chi connectivity index (χ1) is 8.15. The van der Waals surface area contributed by atoms with Gasteiger partial charge in [-0.25, -0.2) is 0 Å². The van der Waals surface area contributed by atoms with E-state index in [4.69, 9.17) is 4.74 Å². The van der Waals surface area contributed by atoms with E-state index >= 15 is 0 Å². The first-order valence-corrected chi connectivity index (χ1v) is 5.78. The molecule has 1 unspecified atom stereocenters. The summed E-state index contributed by atoms with van der Waals surface area (Å²) in [4.78, 5) is 11.9. The summed E-state index contributed by atoms with van der Waals surface area (Å²) in [5.74, 6) is 0.272. The van der Waals surface area contributed by atoms with Crippen LogP contribution in [-0.4, -0.2) is 13.8 Å². The number of aryl methyl sites for hydroxylation is 1. The second kappa shape index (κ2) is 5.04. The summed E-state index contributed by atoms with van der Waals surface area (Å²) in [7, 11) is 2.03. The molecule has 0 fully saturated rings. The summed E-state index contributed by atoms with van der Waals surface area (Å²) in [6.07, 6.45) is 6.66. The molecule has 0 saturated heterocycles. The Bertz CT molecular complexity index is 472. The molecule has 0 heterocycles. The summed E-state index contributed by atoms with van der Waals surface area (Å²) < 4.78 is 5.32. The summed E-state index contributed by atoms with van der Waals surface area (Å²) in [5.41, 5.74) is 2.35. The summed E-state index contributed by atoms with van der Waals surface area (Å²) >= 11 is 0. The minimum atomic E-state index is -0.186. The average molecular weight is 226 g/mol. The molecule has 17 heavy (non-hydrogen) atoms. The number of carbonyl (C=O) groups excluding carboxylic acids is 1. The Morgan fingerprint density at radius 2 is 2.06 bits per heavy atom. The fourth-order valence-corrected chi connectivity index (χ4v) is 1.70. The molecular weight excluding hydrogens is 211 g/mol. The van der Waals surface area contributed by atoms with Gasteiger partial charge in [0.1, 0.15) is 13.6 Å². The molecule has 0 radical (unpaired) electrons. The standard InChI is InChI=1S/C14H15BO2/c1-10-2-8-13(9-3-10)17-14(16)11-4-6-12(15)7-5-11/h2-4,6-9,11H,5,15H2,1H3. The number of carbonyl (C=O) groups is 1. The van der Waals surface area contributed by atoms with Crippen molar-refractivity contribution in [2.24, 2.45) is 5.92 Å². The quantitative estimate of drug-likeness (QED) is 0.438. The van der Waals surface area contributed by atoms with Gasteiger partial charge < -0.3 is 4.74 Å². The van der Waals surface area contributed by atoms with Crippen LogP contribution in [0.1, 0.15) is 12.0 Å². The van der Waals surface area contributed by atoms with Gasteiger partial charge in [0.05, 0.1) is 5.92 Å². The van der Waals surface area contributed by atoms with Crippen molar-refractivity contribution in [1.29, 1.82) is 0 Å². The van der Waals surface area contributed by atoms with Gasteiger partial charge in [0.25, 0.3) is 0 Å². The van der Waals surface area contributed by atoms with Crippen molar-refractivity contribution in [2.75, 3.05) is 0 Å². The van der Waals surface area contributed by atoms with Crippen LogP contribution in [0.2, 0.25) is 0 Å². The Morgan fingerprint density at radius 3 is 2.65 bits per heavy atom. The van der Waals surface area contributed by atoms with Crippen LogP contribution in [0, 0.1) is 12.8 Å². The zero-order valence-electron chi connectivity index (χ0n) is 10.1. The number of ether oxygens (including phenoxy) is 1. The van der Waals surface area contributed by atoms with E-state index in [1.54, 1.807) is 0 Å². The summed E-state index contributed by atoms with van der Waals surface area (Å²) in [5, 5.41) is 0. The SMILES string of the molecule is BC1=CCC(C(=O)Oc2ccc(C)cc2)C=C1. The molecule has 1 aromatic rings. The van der Waals surface area contributed by atoms with Gasteiger partial charge in [0.15, 0.2) is 0 Å². The van der Waals surface area contributed by atoms with Crippen molar-refractivity contribution >= 4 is 13.8 Å². The number of benzene rings is 1. The highest BCUT2D eigenvalue weighted by atomic mass is 16.5. The number of allylic oxidation sites excluding steroid dienone is 3. The molecule has 2 nitrogen and oxygen atoms in total.